The van der Waals surface area contributed by atoms with E-state index >= 15 is 0 Å². The number of ether oxygens (including phenoxy) is 1. The van der Waals surface area contributed by atoms with E-state index < -0.39 is 59.5 Å². The molecule has 7 N–H and O–H groups in total. The fourth-order valence-corrected chi connectivity index (χ4v) is 4.59. The molecule has 3 atom stereocenters. The fourth-order valence-electron chi connectivity index (χ4n) is 4.59. The molecule has 0 aromatic heterocycles. The summed E-state index contributed by atoms with van der Waals surface area (Å²) in [5, 5.41) is 47.6. The Morgan fingerprint density at radius 1 is 0.776 bits per heavy atom. The predicted octanol–water partition coefficient (Wildman–Crippen LogP) is -0.303. The summed E-state index contributed by atoms with van der Waals surface area (Å²) >= 11 is 0. The first-order chi connectivity index (χ1) is 23.0. The molecule has 1 saturated heterocycles. The third-order valence-electron chi connectivity index (χ3n) is 7.38. The van der Waals surface area contributed by atoms with Crippen LogP contribution in [0.4, 0.5) is 0 Å². The lowest BCUT2D eigenvalue weighted by Gasteiger charge is -2.30. The Morgan fingerprint density at radius 3 is 1.71 bits per heavy atom. The van der Waals surface area contributed by atoms with E-state index in [4.69, 9.17) is 9.84 Å². The van der Waals surface area contributed by atoms with Crippen LogP contribution in [0.2, 0.25) is 0 Å². The van der Waals surface area contributed by atoms with Crippen molar-refractivity contribution in [3.63, 3.8) is 0 Å². The van der Waals surface area contributed by atoms with E-state index in [0.29, 0.717) is 26.3 Å². The van der Waals surface area contributed by atoms with Crippen molar-refractivity contribution in [2.24, 2.45) is 0 Å². The zero-order valence-electron chi connectivity index (χ0n) is 28.5. The lowest BCUT2D eigenvalue weighted by Crippen LogP contribution is -2.61. The van der Waals surface area contributed by atoms with Gasteiger partial charge in [-0.3, -0.25) is 44.4 Å². The van der Waals surface area contributed by atoms with Gasteiger partial charge in [0.05, 0.1) is 6.61 Å². The molecular formula is C31H50N6O12. The molecule has 0 aromatic rings. The molecule has 18 nitrogen and oxygen atoms in total. The molecule has 1 aliphatic rings. The molecule has 1 fully saturated rings. The largest absolute Gasteiger partial charge is 0.464 e. The molecule has 3 unspecified atom stereocenters. The predicted molar refractivity (Wildman–Crippen MR) is 170 cm³/mol. The molecule has 1 rings (SSSR count). The van der Waals surface area contributed by atoms with E-state index in [-0.39, 0.29) is 84.2 Å². The molecule has 0 aliphatic carbocycles. The van der Waals surface area contributed by atoms with Gasteiger partial charge in [0, 0.05) is 58.7 Å². The first-order valence-corrected chi connectivity index (χ1v) is 16.0. The van der Waals surface area contributed by atoms with Crippen molar-refractivity contribution >= 4 is 41.4 Å². The van der Waals surface area contributed by atoms with Gasteiger partial charge in [0.2, 0.25) is 23.6 Å². The number of hydrogen-bond acceptors (Lipinski definition) is 12. The Labute approximate surface area is 285 Å². The van der Waals surface area contributed by atoms with Crippen LogP contribution in [0.5, 0.6) is 0 Å². The standard InChI is InChI=1S/C31H50N6O12/c1-20(11-16-38)18-27(41)37(48)15-7-10-26(32-22(3)39)31(45)49-17-12-21(2)19-28(42)36(47)14-6-9-25-30(44)33-24(29(43)34-25)8-5-13-35(46)23(4)40/h18-19,24-26,38,46-48H,5-17H2,1-4H3,(H,32,39)(H,33,44)(H,34,43)/b20-18+,21-19-. The van der Waals surface area contributed by atoms with Crippen molar-refractivity contribution in [1.82, 2.24) is 31.1 Å². The first-order valence-electron chi connectivity index (χ1n) is 16.0. The number of aliphatic hydroxyl groups is 1. The van der Waals surface area contributed by atoms with Crippen LogP contribution in [0.3, 0.4) is 0 Å². The Morgan fingerprint density at radius 2 is 1.24 bits per heavy atom. The molecule has 49 heavy (non-hydrogen) atoms. The highest BCUT2D eigenvalue weighted by atomic mass is 16.5. The van der Waals surface area contributed by atoms with Crippen LogP contribution < -0.4 is 16.0 Å². The summed E-state index contributed by atoms with van der Waals surface area (Å²) in [7, 11) is 0. The summed E-state index contributed by atoms with van der Waals surface area (Å²) in [6.07, 6.45) is 3.80. The minimum absolute atomic E-state index is 0.0137. The number of carbonyl (C=O) groups is 7. The second-order valence-corrected chi connectivity index (χ2v) is 11.7. The highest BCUT2D eigenvalue weighted by Gasteiger charge is 2.33. The topological polar surface area (TPSA) is 255 Å². The quantitative estimate of drug-likeness (QED) is 0.0353. The average Bonchev–Trinajstić information content (AvgIpc) is 3.01. The maximum absolute atomic E-state index is 12.6. The van der Waals surface area contributed by atoms with Gasteiger partial charge in [0.25, 0.3) is 11.8 Å². The van der Waals surface area contributed by atoms with Gasteiger partial charge < -0.3 is 25.8 Å². The molecule has 0 saturated carbocycles. The minimum Gasteiger partial charge on any atom is -0.464 e. The van der Waals surface area contributed by atoms with Crippen LogP contribution in [0.25, 0.3) is 0 Å². The lowest BCUT2D eigenvalue weighted by molar-refractivity contribution is -0.163. The minimum atomic E-state index is -1.04. The van der Waals surface area contributed by atoms with Crippen LogP contribution >= 0.6 is 0 Å². The van der Waals surface area contributed by atoms with Crippen LogP contribution in [-0.4, -0.2) is 128 Å². The summed E-state index contributed by atoms with van der Waals surface area (Å²) in [5.41, 5.74) is 1.06. The summed E-state index contributed by atoms with van der Waals surface area (Å²) in [4.78, 5) is 84.5. The van der Waals surface area contributed by atoms with Crippen LogP contribution in [0.15, 0.2) is 23.3 Å². The van der Waals surface area contributed by atoms with E-state index in [1.165, 1.54) is 19.9 Å². The number of carbonyl (C=O) groups excluding carboxylic acids is 7. The monoisotopic (exact) mass is 698 g/mol. The SMILES string of the molecule is CC(=O)NC(CCCN(O)C(=O)/C=C(\C)CCO)C(=O)OCC/C(C)=C\C(=O)N(O)CCCC1NC(=O)C(CCCN(O)C(C)=O)NC1=O. The normalized spacial score (nSPS) is 17.0. The highest BCUT2D eigenvalue weighted by molar-refractivity contribution is 5.96. The second-order valence-electron chi connectivity index (χ2n) is 11.7. The lowest BCUT2D eigenvalue weighted by atomic mass is 10.0. The Balaban J connectivity index is 2.46. The Kier molecular flexibility index (Phi) is 19.4. The third kappa shape index (κ3) is 17.0. The number of hydrogen-bond donors (Lipinski definition) is 7. The highest BCUT2D eigenvalue weighted by Crippen LogP contribution is 2.11. The Bertz CT molecular complexity index is 1240. The number of hydroxylamine groups is 6. The van der Waals surface area contributed by atoms with Crippen molar-refractivity contribution in [2.45, 2.75) is 97.2 Å². The average molecular weight is 699 g/mol. The number of rotatable bonds is 21. The molecule has 276 valence electrons. The summed E-state index contributed by atoms with van der Waals surface area (Å²) in [5.74, 6) is -4.04. The summed E-state index contributed by atoms with van der Waals surface area (Å²) in [6, 6.07) is -2.71. The third-order valence-corrected chi connectivity index (χ3v) is 7.38. The molecule has 0 radical (unpaired) electrons. The number of nitrogens with one attached hydrogen (secondary N) is 3. The maximum atomic E-state index is 12.6. The Hall–Kier alpha value is -4.39. The van der Waals surface area contributed by atoms with Gasteiger partial charge in [-0.15, -0.1) is 0 Å². The molecule has 18 heteroatoms. The molecule has 6 amide bonds. The van der Waals surface area contributed by atoms with Gasteiger partial charge in [0.15, 0.2) is 0 Å². The van der Waals surface area contributed by atoms with E-state index in [9.17, 15) is 49.2 Å². The zero-order chi connectivity index (χ0) is 37.1. The fraction of sp³-hybridized carbons (Fsp3) is 0.645. The second kappa shape index (κ2) is 22.3. The number of nitrogens with zero attached hydrogens (tertiary/aromatic N) is 3. The van der Waals surface area contributed by atoms with Crippen LogP contribution in [-0.2, 0) is 38.3 Å². The van der Waals surface area contributed by atoms with Crippen LogP contribution in [0, 0.1) is 0 Å². The van der Waals surface area contributed by atoms with Gasteiger partial charge in [0.1, 0.15) is 18.1 Å². The smallest absolute Gasteiger partial charge is 0.328 e. The number of amides is 6. The number of aliphatic hydroxyl groups excluding tert-OH is 1. The molecule has 0 aromatic carbocycles. The van der Waals surface area contributed by atoms with Gasteiger partial charge in [-0.05, 0) is 58.8 Å². The van der Waals surface area contributed by atoms with Gasteiger partial charge in [-0.1, -0.05) is 11.1 Å². The zero-order valence-corrected chi connectivity index (χ0v) is 28.5. The van der Waals surface area contributed by atoms with Crippen molar-refractivity contribution < 1.29 is 59.0 Å². The molecular weight excluding hydrogens is 648 g/mol. The molecule has 0 bridgehead atoms. The van der Waals surface area contributed by atoms with E-state index in [1.807, 2.05) is 0 Å². The van der Waals surface area contributed by atoms with Crippen molar-refractivity contribution in [3.05, 3.63) is 23.3 Å². The van der Waals surface area contributed by atoms with Gasteiger partial charge in [-0.25, -0.2) is 20.0 Å². The van der Waals surface area contributed by atoms with E-state index in [0.717, 1.165) is 6.08 Å². The number of piperazine rings is 1. The molecule has 1 heterocycles. The van der Waals surface area contributed by atoms with Crippen molar-refractivity contribution in [1.29, 1.82) is 0 Å². The van der Waals surface area contributed by atoms with Gasteiger partial charge in [-0.2, -0.15) is 0 Å². The summed E-state index contributed by atoms with van der Waals surface area (Å²) < 4.78 is 5.24. The summed E-state index contributed by atoms with van der Waals surface area (Å²) in [6.45, 7) is 5.12. The van der Waals surface area contributed by atoms with Crippen molar-refractivity contribution in [2.75, 3.05) is 32.8 Å². The maximum Gasteiger partial charge on any atom is 0.328 e. The number of esters is 1. The van der Waals surface area contributed by atoms with Crippen LogP contribution in [0.1, 0.15) is 79.1 Å². The van der Waals surface area contributed by atoms with E-state index in [1.54, 1.807) is 13.8 Å². The van der Waals surface area contributed by atoms with E-state index in [2.05, 4.69) is 16.0 Å². The van der Waals surface area contributed by atoms with Gasteiger partial charge >= 0.3 is 5.97 Å². The molecule has 0 spiro atoms. The molecule has 1 aliphatic heterocycles. The first kappa shape index (κ1) is 42.6. The van der Waals surface area contributed by atoms with Crippen molar-refractivity contribution in [3.8, 4) is 0 Å².